The van der Waals surface area contributed by atoms with Gasteiger partial charge in [-0.05, 0) is 31.9 Å². The second-order valence-corrected chi connectivity index (χ2v) is 4.85. The maximum atomic E-state index is 11.7. The van der Waals surface area contributed by atoms with Gasteiger partial charge in [-0.15, -0.1) is 0 Å². The van der Waals surface area contributed by atoms with Crippen molar-refractivity contribution in [3.05, 3.63) is 23.7 Å². The van der Waals surface area contributed by atoms with Gasteiger partial charge in [-0.25, -0.2) is 9.59 Å². The van der Waals surface area contributed by atoms with Gasteiger partial charge in [-0.1, -0.05) is 13.8 Å². The number of urea groups is 1. The summed E-state index contributed by atoms with van der Waals surface area (Å²) in [6, 6.07) is 1.82. The number of hydrogen-bond acceptors (Lipinski definition) is 3. The molecule has 0 aliphatic carbocycles. The molecule has 3 N–H and O–H groups in total. The van der Waals surface area contributed by atoms with E-state index in [4.69, 9.17) is 9.52 Å². The number of amides is 2. The van der Waals surface area contributed by atoms with Crippen molar-refractivity contribution in [1.29, 1.82) is 0 Å². The van der Waals surface area contributed by atoms with Crippen LogP contribution in [0.25, 0.3) is 0 Å². The summed E-state index contributed by atoms with van der Waals surface area (Å²) in [5.74, 6) is 0.148. The van der Waals surface area contributed by atoms with Crippen molar-refractivity contribution in [2.75, 3.05) is 0 Å². The van der Waals surface area contributed by atoms with Gasteiger partial charge in [-0.2, -0.15) is 0 Å². The lowest BCUT2D eigenvalue weighted by molar-refractivity contribution is -0.140. The molecule has 1 heterocycles. The van der Waals surface area contributed by atoms with Crippen LogP contribution in [0.15, 0.2) is 16.5 Å². The molecule has 2 atom stereocenters. The molecule has 0 aliphatic heterocycles. The molecule has 6 nitrogen and oxygen atoms in total. The number of rotatable bonds is 5. The summed E-state index contributed by atoms with van der Waals surface area (Å²) in [4.78, 5) is 22.7. The highest BCUT2D eigenvalue weighted by Crippen LogP contribution is 2.15. The van der Waals surface area contributed by atoms with Crippen LogP contribution in [0.3, 0.4) is 0 Å². The zero-order chi connectivity index (χ0) is 14.6. The van der Waals surface area contributed by atoms with Crippen LogP contribution in [-0.2, 0) is 4.79 Å². The Bertz CT molecular complexity index is 453. The Kier molecular flexibility index (Phi) is 4.97. The predicted molar refractivity (Wildman–Crippen MR) is 69.8 cm³/mol. The highest BCUT2D eigenvalue weighted by atomic mass is 16.4. The molecule has 1 aromatic rings. The molecule has 0 aliphatic rings. The highest BCUT2D eigenvalue weighted by Gasteiger charge is 2.24. The average molecular weight is 268 g/mol. The molecular formula is C13H20N2O4. The monoisotopic (exact) mass is 268 g/mol. The Hall–Kier alpha value is -1.98. The van der Waals surface area contributed by atoms with Gasteiger partial charge >= 0.3 is 12.0 Å². The molecule has 0 saturated heterocycles. The van der Waals surface area contributed by atoms with Crippen LogP contribution in [0.2, 0.25) is 0 Å². The SMILES string of the molecule is Cc1ccc(C(C)NC(=O)NC(C(=O)O)C(C)C)o1. The largest absolute Gasteiger partial charge is 0.480 e. The zero-order valence-electron chi connectivity index (χ0n) is 11.6. The Labute approximate surface area is 112 Å². The van der Waals surface area contributed by atoms with E-state index in [1.165, 1.54) is 0 Å². The third kappa shape index (κ3) is 4.31. The molecule has 0 aromatic carbocycles. The van der Waals surface area contributed by atoms with Crippen molar-refractivity contribution < 1.29 is 19.1 Å². The molecule has 19 heavy (non-hydrogen) atoms. The lowest BCUT2D eigenvalue weighted by Crippen LogP contribution is -2.49. The summed E-state index contributed by atoms with van der Waals surface area (Å²) in [6.07, 6.45) is 0. The van der Waals surface area contributed by atoms with Crippen LogP contribution in [0, 0.1) is 12.8 Å². The number of hydrogen-bond donors (Lipinski definition) is 3. The van der Waals surface area contributed by atoms with Crippen molar-refractivity contribution in [3.63, 3.8) is 0 Å². The molecule has 2 unspecified atom stereocenters. The summed E-state index contributed by atoms with van der Waals surface area (Å²) in [5, 5.41) is 14.1. The number of carboxylic acids is 1. The van der Waals surface area contributed by atoms with Gasteiger partial charge in [0, 0.05) is 0 Å². The van der Waals surface area contributed by atoms with Crippen LogP contribution < -0.4 is 10.6 Å². The fourth-order valence-corrected chi connectivity index (χ4v) is 1.65. The lowest BCUT2D eigenvalue weighted by Gasteiger charge is -2.19. The van der Waals surface area contributed by atoms with E-state index in [0.29, 0.717) is 5.76 Å². The summed E-state index contributed by atoms with van der Waals surface area (Å²) in [7, 11) is 0. The van der Waals surface area contributed by atoms with Gasteiger partial charge in [0.1, 0.15) is 17.6 Å². The molecule has 2 amide bonds. The Morgan fingerprint density at radius 1 is 1.21 bits per heavy atom. The van der Waals surface area contributed by atoms with Gasteiger partial charge in [-0.3, -0.25) is 0 Å². The molecule has 0 spiro atoms. The summed E-state index contributed by atoms with van der Waals surface area (Å²) < 4.78 is 5.39. The van der Waals surface area contributed by atoms with Crippen LogP contribution >= 0.6 is 0 Å². The summed E-state index contributed by atoms with van der Waals surface area (Å²) in [6.45, 7) is 7.05. The maximum Gasteiger partial charge on any atom is 0.326 e. The van der Waals surface area contributed by atoms with E-state index in [9.17, 15) is 9.59 Å². The molecule has 0 saturated carbocycles. The first-order valence-corrected chi connectivity index (χ1v) is 6.17. The van der Waals surface area contributed by atoms with Crippen molar-refractivity contribution in [2.24, 2.45) is 5.92 Å². The fourth-order valence-electron chi connectivity index (χ4n) is 1.65. The smallest absolute Gasteiger partial charge is 0.326 e. The number of carbonyl (C=O) groups is 2. The minimum absolute atomic E-state index is 0.190. The Morgan fingerprint density at radius 3 is 2.26 bits per heavy atom. The van der Waals surface area contributed by atoms with Gasteiger partial charge in [0.25, 0.3) is 0 Å². The summed E-state index contributed by atoms with van der Waals surface area (Å²) >= 11 is 0. The number of aryl methyl sites for hydroxylation is 1. The first kappa shape index (κ1) is 15.1. The number of nitrogens with one attached hydrogen (secondary N) is 2. The van der Waals surface area contributed by atoms with E-state index >= 15 is 0 Å². The van der Waals surface area contributed by atoms with E-state index in [0.717, 1.165) is 5.76 Å². The second kappa shape index (κ2) is 6.26. The highest BCUT2D eigenvalue weighted by molar-refractivity contribution is 5.82. The standard InChI is InChI=1S/C13H20N2O4/c1-7(2)11(12(16)17)15-13(18)14-9(4)10-6-5-8(3)19-10/h5-7,9,11H,1-4H3,(H,16,17)(H2,14,15,18). The third-order valence-electron chi connectivity index (χ3n) is 2.75. The van der Waals surface area contributed by atoms with Crippen LogP contribution in [0.5, 0.6) is 0 Å². The molecule has 1 aromatic heterocycles. The number of carboxylic acid groups (broad SMARTS) is 1. The lowest BCUT2D eigenvalue weighted by atomic mass is 10.1. The number of furan rings is 1. The van der Waals surface area contributed by atoms with Crippen molar-refractivity contribution in [1.82, 2.24) is 10.6 Å². The first-order chi connectivity index (χ1) is 8.81. The quantitative estimate of drug-likeness (QED) is 0.762. The normalized spacial score (nSPS) is 13.9. The fraction of sp³-hybridized carbons (Fsp3) is 0.538. The van der Waals surface area contributed by atoms with E-state index in [1.807, 2.05) is 6.92 Å². The van der Waals surface area contributed by atoms with Gasteiger partial charge in [0.05, 0.1) is 6.04 Å². The predicted octanol–water partition coefficient (Wildman–Crippen LogP) is 2.06. The number of carbonyl (C=O) groups excluding carboxylic acids is 1. The van der Waals surface area contributed by atoms with Crippen molar-refractivity contribution in [2.45, 2.75) is 39.8 Å². The Balaban J connectivity index is 2.57. The van der Waals surface area contributed by atoms with E-state index in [2.05, 4.69) is 10.6 Å². The molecule has 106 valence electrons. The zero-order valence-corrected chi connectivity index (χ0v) is 11.6. The molecule has 0 radical (unpaired) electrons. The molecular weight excluding hydrogens is 248 g/mol. The van der Waals surface area contributed by atoms with E-state index in [1.54, 1.807) is 32.9 Å². The minimum Gasteiger partial charge on any atom is -0.480 e. The van der Waals surface area contributed by atoms with E-state index in [-0.39, 0.29) is 12.0 Å². The molecule has 0 bridgehead atoms. The van der Waals surface area contributed by atoms with Crippen LogP contribution in [0.4, 0.5) is 4.79 Å². The van der Waals surface area contributed by atoms with Gasteiger partial charge in [0.2, 0.25) is 0 Å². The van der Waals surface area contributed by atoms with E-state index < -0.39 is 18.0 Å². The van der Waals surface area contributed by atoms with Gasteiger partial charge < -0.3 is 20.2 Å². The Morgan fingerprint density at radius 2 is 1.84 bits per heavy atom. The summed E-state index contributed by atoms with van der Waals surface area (Å²) in [5.41, 5.74) is 0. The van der Waals surface area contributed by atoms with Crippen LogP contribution in [0.1, 0.15) is 38.3 Å². The third-order valence-corrected chi connectivity index (χ3v) is 2.75. The molecule has 0 fully saturated rings. The number of aliphatic carboxylic acids is 1. The average Bonchev–Trinajstić information content (AvgIpc) is 2.72. The molecule has 6 heteroatoms. The van der Waals surface area contributed by atoms with Crippen molar-refractivity contribution >= 4 is 12.0 Å². The van der Waals surface area contributed by atoms with Crippen LogP contribution in [-0.4, -0.2) is 23.1 Å². The molecule has 1 rings (SSSR count). The maximum absolute atomic E-state index is 11.7. The second-order valence-electron chi connectivity index (χ2n) is 4.85. The van der Waals surface area contributed by atoms with Crippen molar-refractivity contribution in [3.8, 4) is 0 Å². The topological polar surface area (TPSA) is 91.6 Å². The minimum atomic E-state index is -1.05. The van der Waals surface area contributed by atoms with Gasteiger partial charge in [0.15, 0.2) is 0 Å². The first-order valence-electron chi connectivity index (χ1n) is 6.17.